The van der Waals surface area contributed by atoms with Crippen LogP contribution in [0.3, 0.4) is 0 Å². The molecule has 26 nitrogen and oxygen atoms in total. The molecule has 7 amide bonds. The first-order chi connectivity index (χ1) is 41.6. The van der Waals surface area contributed by atoms with Gasteiger partial charge in [-0.3, -0.25) is 33.6 Å². The number of hydrogen-bond acceptors (Lipinski definition) is 19. The molecule has 4 heterocycles. The number of carbonyl (C=O) groups is 7. The van der Waals surface area contributed by atoms with Crippen molar-refractivity contribution in [2.24, 2.45) is 17.4 Å². The number of ether oxygens (including phenoxy) is 2. The lowest BCUT2D eigenvalue weighted by molar-refractivity contribution is -0.147. The maximum Gasteiger partial charge on any atom is 0.251 e. The number of anilines is 1. The summed E-state index contributed by atoms with van der Waals surface area (Å²) in [6.07, 6.45) is -3.15. The van der Waals surface area contributed by atoms with Crippen LogP contribution in [0, 0.1) is 5.92 Å². The number of nitrogens with two attached hydrogens (primary N) is 2. The molecule has 4 aliphatic heterocycles. The van der Waals surface area contributed by atoms with Gasteiger partial charge >= 0.3 is 0 Å². The molecule has 16 N–H and O–H groups in total. The zero-order chi connectivity index (χ0) is 62.6. The number of phenols is 1. The number of β-amino-alcohol motifs (C(OH)–C–C–N with tert-alkyl or cyclic N) is 1. The van der Waals surface area contributed by atoms with Crippen LogP contribution >= 0.6 is 0 Å². The van der Waals surface area contributed by atoms with Gasteiger partial charge in [-0.1, -0.05) is 56.5 Å². The maximum atomic E-state index is 14.7. The van der Waals surface area contributed by atoms with Gasteiger partial charge in [-0.05, 0) is 98.7 Å². The van der Waals surface area contributed by atoms with Crippen molar-refractivity contribution in [2.45, 2.75) is 170 Å². The number of carbonyl (C=O) groups excluding carboxylic acids is 7. The van der Waals surface area contributed by atoms with Gasteiger partial charge < -0.3 is 98.0 Å². The Morgan fingerprint density at radius 1 is 0.701 bits per heavy atom. The van der Waals surface area contributed by atoms with Gasteiger partial charge in [0.2, 0.25) is 35.4 Å². The predicted molar refractivity (Wildman–Crippen MR) is 316 cm³/mol. The van der Waals surface area contributed by atoms with Crippen LogP contribution < -0.4 is 47.7 Å². The highest BCUT2D eigenvalue weighted by Gasteiger charge is 2.50. The van der Waals surface area contributed by atoms with E-state index in [9.17, 15) is 69.3 Å². The minimum Gasteiger partial charge on any atom is -0.504 e. The number of aromatic hydroxyl groups is 1. The molecule has 0 bridgehead atoms. The summed E-state index contributed by atoms with van der Waals surface area (Å²) < 4.78 is 12.0. The summed E-state index contributed by atoms with van der Waals surface area (Å²) >= 11 is 0. The molecular formula is C61H86N10O16. The fraction of sp³-hybridized carbons (Fsp3) is 0.590. The van der Waals surface area contributed by atoms with Crippen LogP contribution in [0.2, 0.25) is 0 Å². The van der Waals surface area contributed by atoms with Gasteiger partial charge in [0.25, 0.3) is 5.91 Å². The third kappa shape index (κ3) is 16.6. The zero-order valence-corrected chi connectivity index (χ0v) is 49.2. The van der Waals surface area contributed by atoms with E-state index < -0.39 is 152 Å². The molecule has 0 aromatic heterocycles. The first-order valence-electron chi connectivity index (χ1n) is 30.3. The van der Waals surface area contributed by atoms with Crippen molar-refractivity contribution in [3.8, 4) is 22.6 Å². The van der Waals surface area contributed by atoms with Crippen LogP contribution in [0.4, 0.5) is 5.69 Å². The molecule has 26 heteroatoms. The summed E-state index contributed by atoms with van der Waals surface area (Å²) in [5.41, 5.74) is 14.5. The highest BCUT2D eigenvalue weighted by atomic mass is 16.5. The first-order valence-corrected chi connectivity index (χ1v) is 30.3. The number of amides is 7. The smallest absolute Gasteiger partial charge is 0.251 e. The maximum absolute atomic E-state index is 14.7. The molecule has 1 saturated carbocycles. The van der Waals surface area contributed by atoms with E-state index in [2.05, 4.69) is 43.6 Å². The number of rotatable bonds is 16. The fourth-order valence-corrected chi connectivity index (χ4v) is 12.2. The number of nitrogens with zero attached hydrogens (tertiary/aromatic N) is 3. The summed E-state index contributed by atoms with van der Waals surface area (Å²) in [5.74, 6) is -8.49. The molecule has 13 atom stereocenters. The Balaban J connectivity index is 1.05. The van der Waals surface area contributed by atoms with Crippen molar-refractivity contribution in [1.82, 2.24) is 36.4 Å². The van der Waals surface area contributed by atoms with Crippen LogP contribution in [0.1, 0.15) is 94.0 Å². The summed E-state index contributed by atoms with van der Waals surface area (Å²) in [5, 5.41) is 91.4. The Bertz CT molecular complexity index is 2850. The molecule has 476 valence electrons. The number of benzene rings is 3. The topological polar surface area (TPSA) is 401 Å². The van der Waals surface area contributed by atoms with E-state index >= 15 is 0 Å². The molecule has 3 aromatic carbocycles. The van der Waals surface area contributed by atoms with Crippen LogP contribution in [-0.2, 0) is 39.9 Å². The number of piperidine rings is 1. The third-order valence-electron chi connectivity index (χ3n) is 17.1. The van der Waals surface area contributed by atoms with Crippen molar-refractivity contribution < 1.29 is 78.8 Å². The lowest BCUT2D eigenvalue weighted by Gasteiger charge is -2.36. The summed E-state index contributed by atoms with van der Waals surface area (Å²) in [6, 6.07) is 7.79. The standard InChI is InChI=1S/C61H86N10O16/c1-33-31-71-53(54(33)78)59(83)64-30-40(73)28-44(65-55(79)38-11-9-36(10-12-38)37-13-15-39(16-14-37)69-23-19-43(20-24-69)87-42-6-4-3-5-7-42)56(80)66-50(34(2)72)60(84)70-32-41(74)29-45(70)57(81)67-51(58(82)68-52(61(71)85)47(76)18-21-62)48(77)26-35-8-17-46(75)49(27-35)86-25-22-63/h8-17,27,33-34,40-45,47-48,50-54,72-78H,3-7,18-26,28-32,62-63H2,1-2H3,(H,64,83)(H,65,79)(H,66,80)(H,67,81)(H,68,82)/t33-,34+,40+,41+,44?,45-,47+,48+,50-,51-,52-,53-,54-/m0/s1. The van der Waals surface area contributed by atoms with Gasteiger partial charge in [-0.2, -0.15) is 0 Å². The minimum atomic E-state index is -2.03. The van der Waals surface area contributed by atoms with Crippen molar-refractivity contribution in [1.29, 1.82) is 0 Å². The van der Waals surface area contributed by atoms with E-state index in [1.807, 2.05) is 12.1 Å². The lowest BCUT2D eigenvalue weighted by Crippen LogP contribution is -2.64. The van der Waals surface area contributed by atoms with Gasteiger partial charge in [-0.25, -0.2) is 0 Å². The van der Waals surface area contributed by atoms with E-state index in [1.54, 1.807) is 31.2 Å². The zero-order valence-electron chi connectivity index (χ0n) is 49.2. The SMILES string of the molecule is C[C@@H](O)[C@@H]1NC(=O)C(NC(=O)c2ccc(-c3ccc(N4CCC(OC5CCCCC5)CC4)cc3)cc2)C[C@@H](O)CNC(=O)[C@@H]2[C@@H](O)[C@@H](C)CN2C(=O)[C@H]([C@H](O)CCN)NC(=O)[C@H]([C@H](O)Cc2ccc(O)c(OCCN)c2)NC(=O)[C@@H]2C[C@@H](O)CN2C1=O. The highest BCUT2D eigenvalue weighted by Crippen LogP contribution is 2.32. The minimum absolute atomic E-state index is 0.000674. The Hall–Kier alpha value is -7.01. The van der Waals surface area contributed by atoms with Crippen molar-refractivity contribution in [3.63, 3.8) is 0 Å². The molecule has 0 radical (unpaired) electrons. The van der Waals surface area contributed by atoms with E-state index in [0.29, 0.717) is 6.10 Å². The predicted octanol–water partition coefficient (Wildman–Crippen LogP) is -1.99. The Kier molecular flexibility index (Phi) is 22.9. The monoisotopic (exact) mass is 1210 g/mol. The van der Waals surface area contributed by atoms with Gasteiger partial charge in [0.15, 0.2) is 11.5 Å². The highest BCUT2D eigenvalue weighted by molar-refractivity contribution is 6.00. The van der Waals surface area contributed by atoms with Crippen LogP contribution in [-0.4, -0.2) is 224 Å². The van der Waals surface area contributed by atoms with Gasteiger partial charge in [-0.15, -0.1) is 0 Å². The molecule has 8 rings (SSSR count). The number of hydrogen-bond donors (Lipinski definition) is 14. The summed E-state index contributed by atoms with van der Waals surface area (Å²) in [6.45, 7) is 2.92. The summed E-state index contributed by atoms with van der Waals surface area (Å²) in [4.78, 5) is 105. The van der Waals surface area contributed by atoms with Crippen LogP contribution in [0.5, 0.6) is 11.5 Å². The molecule has 1 aliphatic carbocycles. The average molecular weight is 1220 g/mol. The Morgan fingerprint density at radius 3 is 1.99 bits per heavy atom. The first kappa shape index (κ1) is 66.0. The van der Waals surface area contributed by atoms with E-state index in [1.165, 1.54) is 44.4 Å². The van der Waals surface area contributed by atoms with Gasteiger partial charge in [0, 0.05) is 75.7 Å². The molecule has 4 saturated heterocycles. The number of aliphatic hydroxyl groups excluding tert-OH is 6. The Labute approximate surface area is 505 Å². The quantitative estimate of drug-likeness (QED) is 0.0738. The second kappa shape index (κ2) is 30.3. The van der Waals surface area contributed by atoms with Crippen molar-refractivity contribution in [3.05, 3.63) is 77.9 Å². The van der Waals surface area contributed by atoms with E-state index in [0.717, 1.165) is 65.4 Å². The molecule has 87 heavy (non-hydrogen) atoms. The van der Waals surface area contributed by atoms with Gasteiger partial charge in [0.1, 0.15) is 42.9 Å². The third-order valence-corrected chi connectivity index (χ3v) is 17.1. The normalized spacial score (nSPS) is 28.0. The van der Waals surface area contributed by atoms with Crippen LogP contribution in [0.25, 0.3) is 11.1 Å². The number of nitrogens with one attached hydrogen (secondary N) is 5. The molecule has 5 fully saturated rings. The van der Waals surface area contributed by atoms with E-state index in [-0.39, 0.29) is 61.4 Å². The molecule has 1 unspecified atom stereocenters. The Morgan fingerprint density at radius 2 is 1.33 bits per heavy atom. The van der Waals surface area contributed by atoms with E-state index in [4.69, 9.17) is 20.9 Å². The number of fused-ring (bicyclic) bond motifs is 2. The molecule has 5 aliphatic rings. The van der Waals surface area contributed by atoms with Gasteiger partial charge in [0.05, 0.1) is 48.8 Å². The molecule has 3 aromatic rings. The van der Waals surface area contributed by atoms with Crippen LogP contribution in [0.15, 0.2) is 66.7 Å². The number of aliphatic hydroxyl groups is 6. The number of phenolic OH excluding ortho intramolecular Hbond substituents is 1. The van der Waals surface area contributed by atoms with Crippen molar-refractivity contribution >= 4 is 47.0 Å². The lowest BCUT2D eigenvalue weighted by atomic mass is 9.97. The second-order valence-corrected chi connectivity index (χ2v) is 23.7. The fourth-order valence-electron chi connectivity index (χ4n) is 12.2. The van der Waals surface area contributed by atoms with Crippen molar-refractivity contribution in [2.75, 3.05) is 57.3 Å². The summed E-state index contributed by atoms with van der Waals surface area (Å²) in [7, 11) is 0. The average Bonchev–Trinajstić information content (AvgIpc) is 2.56. The molecular weight excluding hydrogens is 1130 g/mol. The largest absolute Gasteiger partial charge is 0.504 e. The second-order valence-electron chi connectivity index (χ2n) is 23.7. The molecule has 0 spiro atoms.